The summed E-state index contributed by atoms with van der Waals surface area (Å²) in [6, 6.07) is 6.71. The van der Waals surface area contributed by atoms with Crippen molar-refractivity contribution in [1.82, 2.24) is 5.32 Å². The van der Waals surface area contributed by atoms with Crippen molar-refractivity contribution in [2.45, 2.75) is 46.1 Å². The molecule has 3 heteroatoms. The van der Waals surface area contributed by atoms with E-state index in [2.05, 4.69) is 54.2 Å². The molecule has 0 heterocycles. The first kappa shape index (κ1) is 16.0. The fourth-order valence-corrected chi connectivity index (χ4v) is 2.93. The van der Waals surface area contributed by atoms with Crippen LogP contribution in [0.4, 0.5) is 0 Å². The lowest BCUT2D eigenvalue weighted by Gasteiger charge is -2.24. The highest BCUT2D eigenvalue weighted by molar-refractivity contribution is 9.10. The van der Waals surface area contributed by atoms with Crippen LogP contribution in [0, 0.1) is 5.92 Å². The van der Waals surface area contributed by atoms with Crippen LogP contribution in [-0.2, 0) is 6.42 Å². The molecule has 102 valence electrons. The molecule has 18 heavy (non-hydrogen) atoms. The minimum absolute atomic E-state index is 0.537. The molecule has 0 aliphatic heterocycles. The maximum absolute atomic E-state index is 6.29. The fourth-order valence-electron chi connectivity index (χ4n) is 2.18. The summed E-state index contributed by atoms with van der Waals surface area (Å²) in [5.41, 5.74) is 1.25. The zero-order chi connectivity index (χ0) is 13.5. The van der Waals surface area contributed by atoms with Gasteiger partial charge in [0.15, 0.2) is 0 Å². The van der Waals surface area contributed by atoms with E-state index >= 15 is 0 Å². The van der Waals surface area contributed by atoms with Crippen molar-refractivity contribution >= 4 is 27.5 Å². The lowest BCUT2D eigenvalue weighted by Crippen LogP contribution is -2.34. The van der Waals surface area contributed by atoms with Crippen molar-refractivity contribution in [2.24, 2.45) is 5.92 Å². The molecule has 1 nitrogen and oxygen atoms in total. The standard InChI is InChI=1S/C15H23BrClN/c1-4-8-18-11(3)12(5-2)9-13-6-7-14(16)10-15(13)17/h6-7,10-12,18H,4-5,8-9H2,1-3H3. The van der Waals surface area contributed by atoms with Gasteiger partial charge < -0.3 is 5.32 Å². The largest absolute Gasteiger partial charge is 0.314 e. The van der Waals surface area contributed by atoms with Crippen LogP contribution in [0.15, 0.2) is 22.7 Å². The summed E-state index contributed by atoms with van der Waals surface area (Å²) >= 11 is 9.74. The maximum Gasteiger partial charge on any atom is 0.0449 e. The van der Waals surface area contributed by atoms with E-state index in [9.17, 15) is 0 Å². The predicted octanol–water partition coefficient (Wildman–Crippen LogP) is 5.06. The predicted molar refractivity (Wildman–Crippen MR) is 84.4 cm³/mol. The molecular formula is C15H23BrClN. The Labute approximate surface area is 124 Å². The molecule has 0 radical (unpaired) electrons. The number of benzene rings is 1. The van der Waals surface area contributed by atoms with Crippen LogP contribution in [0.25, 0.3) is 0 Å². The Kier molecular flexibility index (Phi) is 7.28. The van der Waals surface area contributed by atoms with Crippen molar-refractivity contribution in [1.29, 1.82) is 0 Å². The van der Waals surface area contributed by atoms with Crippen LogP contribution >= 0.6 is 27.5 Å². The molecule has 2 atom stereocenters. The molecule has 2 unspecified atom stereocenters. The minimum Gasteiger partial charge on any atom is -0.314 e. The normalized spacial score (nSPS) is 14.5. The molecule has 0 bridgehead atoms. The Hall–Kier alpha value is -0.0500. The second-order valence-corrected chi connectivity index (χ2v) is 6.17. The monoisotopic (exact) mass is 331 g/mol. The van der Waals surface area contributed by atoms with Gasteiger partial charge in [0.2, 0.25) is 0 Å². The fraction of sp³-hybridized carbons (Fsp3) is 0.600. The summed E-state index contributed by atoms with van der Waals surface area (Å²) in [6.07, 6.45) is 3.39. The van der Waals surface area contributed by atoms with E-state index in [4.69, 9.17) is 11.6 Å². The van der Waals surface area contributed by atoms with E-state index in [1.807, 2.05) is 6.07 Å². The third kappa shape index (κ3) is 4.91. The van der Waals surface area contributed by atoms with E-state index in [1.54, 1.807) is 0 Å². The van der Waals surface area contributed by atoms with Gasteiger partial charge in [0, 0.05) is 15.5 Å². The van der Waals surface area contributed by atoms with Gasteiger partial charge in [-0.15, -0.1) is 0 Å². The summed E-state index contributed by atoms with van der Waals surface area (Å²) in [6.45, 7) is 7.82. The second kappa shape index (κ2) is 8.19. The number of halogens is 2. The van der Waals surface area contributed by atoms with Crippen LogP contribution in [0.2, 0.25) is 5.02 Å². The molecule has 0 aromatic heterocycles. The van der Waals surface area contributed by atoms with E-state index < -0.39 is 0 Å². The van der Waals surface area contributed by atoms with Gasteiger partial charge in [-0.1, -0.05) is 53.9 Å². The lowest BCUT2D eigenvalue weighted by molar-refractivity contribution is 0.362. The number of hydrogen-bond acceptors (Lipinski definition) is 1. The first-order chi connectivity index (χ1) is 8.58. The van der Waals surface area contributed by atoms with Gasteiger partial charge in [-0.05, 0) is 49.9 Å². The average Bonchev–Trinajstić information content (AvgIpc) is 2.35. The van der Waals surface area contributed by atoms with Gasteiger partial charge in [0.05, 0.1) is 0 Å². The smallest absolute Gasteiger partial charge is 0.0449 e. The van der Waals surface area contributed by atoms with E-state index in [-0.39, 0.29) is 0 Å². The van der Waals surface area contributed by atoms with Crippen LogP contribution < -0.4 is 5.32 Å². The third-order valence-electron chi connectivity index (χ3n) is 3.45. The minimum atomic E-state index is 0.537. The van der Waals surface area contributed by atoms with Gasteiger partial charge >= 0.3 is 0 Å². The van der Waals surface area contributed by atoms with E-state index in [0.717, 1.165) is 22.5 Å². The highest BCUT2D eigenvalue weighted by atomic mass is 79.9. The van der Waals surface area contributed by atoms with Crippen molar-refractivity contribution in [2.75, 3.05) is 6.54 Å². The van der Waals surface area contributed by atoms with E-state index in [1.165, 1.54) is 18.4 Å². The van der Waals surface area contributed by atoms with Crippen molar-refractivity contribution in [3.63, 3.8) is 0 Å². The van der Waals surface area contributed by atoms with Crippen LogP contribution in [0.3, 0.4) is 0 Å². The molecule has 0 saturated heterocycles. The summed E-state index contributed by atoms with van der Waals surface area (Å²) < 4.78 is 1.04. The quantitative estimate of drug-likeness (QED) is 0.736. The van der Waals surface area contributed by atoms with Gasteiger partial charge in [-0.2, -0.15) is 0 Å². The lowest BCUT2D eigenvalue weighted by atomic mass is 9.90. The molecule has 0 spiro atoms. The molecule has 0 saturated carbocycles. The molecule has 0 fully saturated rings. The van der Waals surface area contributed by atoms with E-state index in [0.29, 0.717) is 12.0 Å². The Balaban J connectivity index is 2.67. The van der Waals surface area contributed by atoms with Gasteiger partial charge in [0.25, 0.3) is 0 Å². The average molecular weight is 333 g/mol. The molecule has 1 N–H and O–H groups in total. The highest BCUT2D eigenvalue weighted by Gasteiger charge is 2.16. The molecule has 1 aromatic carbocycles. The summed E-state index contributed by atoms with van der Waals surface area (Å²) in [4.78, 5) is 0. The van der Waals surface area contributed by atoms with Crippen LogP contribution in [0.5, 0.6) is 0 Å². The molecule has 0 amide bonds. The molecular weight excluding hydrogens is 310 g/mol. The first-order valence-corrected chi connectivity index (χ1v) is 7.92. The zero-order valence-corrected chi connectivity index (χ0v) is 13.8. The number of nitrogens with one attached hydrogen (secondary N) is 1. The van der Waals surface area contributed by atoms with Gasteiger partial charge in [-0.3, -0.25) is 0 Å². The SMILES string of the molecule is CCCNC(C)C(CC)Cc1ccc(Br)cc1Cl. The molecule has 0 aliphatic rings. The second-order valence-electron chi connectivity index (χ2n) is 4.85. The molecule has 1 aromatic rings. The van der Waals surface area contributed by atoms with Gasteiger partial charge in [0.1, 0.15) is 0 Å². The maximum atomic E-state index is 6.29. The van der Waals surface area contributed by atoms with Crippen molar-refractivity contribution < 1.29 is 0 Å². The Bertz CT molecular complexity index is 368. The highest BCUT2D eigenvalue weighted by Crippen LogP contribution is 2.25. The topological polar surface area (TPSA) is 12.0 Å². The zero-order valence-electron chi connectivity index (χ0n) is 11.5. The Morgan fingerprint density at radius 2 is 2.06 bits per heavy atom. The number of rotatable bonds is 7. The van der Waals surface area contributed by atoms with Gasteiger partial charge in [-0.25, -0.2) is 0 Å². The van der Waals surface area contributed by atoms with Crippen LogP contribution in [0.1, 0.15) is 39.2 Å². The Morgan fingerprint density at radius 3 is 2.61 bits per heavy atom. The first-order valence-electron chi connectivity index (χ1n) is 6.75. The van der Waals surface area contributed by atoms with Crippen LogP contribution in [-0.4, -0.2) is 12.6 Å². The third-order valence-corrected chi connectivity index (χ3v) is 4.29. The van der Waals surface area contributed by atoms with Crippen molar-refractivity contribution in [3.05, 3.63) is 33.3 Å². The number of hydrogen-bond donors (Lipinski definition) is 1. The Morgan fingerprint density at radius 1 is 1.33 bits per heavy atom. The summed E-state index contributed by atoms with van der Waals surface area (Å²) in [5, 5.41) is 4.45. The molecule has 0 aliphatic carbocycles. The summed E-state index contributed by atoms with van der Waals surface area (Å²) in [5.74, 6) is 0.634. The van der Waals surface area contributed by atoms with Crippen molar-refractivity contribution in [3.8, 4) is 0 Å². The summed E-state index contributed by atoms with van der Waals surface area (Å²) in [7, 11) is 0. The molecule has 1 rings (SSSR count).